The van der Waals surface area contributed by atoms with E-state index in [0.29, 0.717) is 21.6 Å². The summed E-state index contributed by atoms with van der Waals surface area (Å²) in [5, 5.41) is 36.5. The normalized spacial score (nSPS) is 11.5. The van der Waals surface area contributed by atoms with E-state index < -0.39 is 0 Å². The van der Waals surface area contributed by atoms with Crippen LogP contribution in [0.4, 0.5) is 0 Å². The Morgan fingerprint density at radius 3 is 1.12 bits per heavy atom. The molecule has 0 spiro atoms. The van der Waals surface area contributed by atoms with Crippen molar-refractivity contribution in [1.82, 2.24) is 13.7 Å². The Labute approximate surface area is 336 Å². The highest BCUT2D eigenvalue weighted by Crippen LogP contribution is 2.50. The highest BCUT2D eigenvalue weighted by Gasteiger charge is 2.28. The Balaban J connectivity index is 1.30. The Hall–Kier alpha value is -8.02. The van der Waals surface area contributed by atoms with Crippen LogP contribution in [0.2, 0.25) is 0 Å². The summed E-state index contributed by atoms with van der Waals surface area (Å²) in [6, 6.07) is 65.3. The number of para-hydroxylation sites is 5. The summed E-state index contributed by atoms with van der Waals surface area (Å²) < 4.78 is 7.28. The molecule has 11 aromatic rings. The largest absolute Gasteiger partial charge is 0.308 e. The van der Waals surface area contributed by atoms with Crippen LogP contribution in [0.5, 0.6) is 0 Å². The molecule has 3 heterocycles. The van der Waals surface area contributed by atoms with Gasteiger partial charge >= 0.3 is 0 Å². The molecule has 0 N–H and O–H groups in total. The second kappa shape index (κ2) is 13.0. The minimum absolute atomic E-state index is 0.291. The van der Waals surface area contributed by atoms with Crippen LogP contribution in [0.25, 0.3) is 82.5 Å². The van der Waals surface area contributed by atoms with Gasteiger partial charge < -0.3 is 13.7 Å². The molecule has 0 bridgehead atoms. The van der Waals surface area contributed by atoms with Gasteiger partial charge in [-0.1, -0.05) is 103 Å². The van der Waals surface area contributed by atoms with Gasteiger partial charge in [-0.15, -0.1) is 0 Å². The van der Waals surface area contributed by atoms with Crippen molar-refractivity contribution < 1.29 is 0 Å². The Morgan fingerprint density at radius 2 is 0.741 bits per heavy atom. The fourth-order valence-electron chi connectivity index (χ4n) is 8.86. The van der Waals surface area contributed by atoms with Gasteiger partial charge in [-0.05, 0) is 78.9 Å². The number of hydrogen-bond donors (Lipinski definition) is 0. The Bertz CT molecular complexity index is 3500. The lowest BCUT2D eigenvalue weighted by molar-refractivity contribution is 1.17. The average Bonchev–Trinajstić information content (AvgIpc) is 3.93. The fourth-order valence-corrected chi connectivity index (χ4v) is 9.80. The molecule has 58 heavy (non-hydrogen) atoms. The molecule has 0 amide bonds. The van der Waals surface area contributed by atoms with Crippen molar-refractivity contribution in [2.45, 2.75) is 9.79 Å². The molecule has 0 saturated heterocycles. The van der Waals surface area contributed by atoms with Gasteiger partial charge in [0.25, 0.3) is 0 Å². The molecule has 7 heteroatoms. The number of nitriles is 3. The van der Waals surface area contributed by atoms with Crippen LogP contribution in [-0.4, -0.2) is 13.7 Å². The van der Waals surface area contributed by atoms with Crippen LogP contribution in [-0.2, 0) is 0 Å². The van der Waals surface area contributed by atoms with Crippen LogP contribution in [0.15, 0.2) is 180 Å². The number of rotatable bonds is 5. The number of hydrogen-bond acceptors (Lipinski definition) is 4. The summed E-state index contributed by atoms with van der Waals surface area (Å²) in [6.45, 7) is 0. The van der Waals surface area contributed by atoms with Crippen molar-refractivity contribution in [3.8, 4) is 35.3 Å². The van der Waals surface area contributed by atoms with Gasteiger partial charge in [-0.2, -0.15) is 15.8 Å². The quantitative estimate of drug-likeness (QED) is 0.175. The number of aromatic nitrogens is 3. The first-order valence-corrected chi connectivity index (χ1v) is 19.7. The van der Waals surface area contributed by atoms with Gasteiger partial charge in [0.05, 0.1) is 55.9 Å². The SMILES string of the molecule is N#Cc1cc(C#N)c(Sc2ccc(-n3c4ccccc4c4c5c(c6ccccc6n5-c5ccccc5)c5c(c6ccccc6n5-c5ccccc5)c43)cc2)c(C#N)c1. The lowest BCUT2D eigenvalue weighted by Gasteiger charge is -2.14. The molecule has 3 aromatic heterocycles. The van der Waals surface area contributed by atoms with Crippen molar-refractivity contribution in [2.24, 2.45) is 0 Å². The van der Waals surface area contributed by atoms with Gasteiger partial charge in [0.1, 0.15) is 12.1 Å². The molecule has 0 radical (unpaired) electrons. The maximum absolute atomic E-state index is 9.97. The standard InChI is InChI=1S/C51H28N6S/c52-29-32-27-33(30-53)51(34(28-32)31-54)58-38-25-23-37(24-26-38)57-44-22-12-9-19-41(44)47-49-45(39-17-7-10-20-42(39)55(49)35-13-3-1-4-14-35)48-46(50(47)57)40-18-8-11-21-43(40)56(48)36-15-5-2-6-16-36/h1-28H. The zero-order chi connectivity index (χ0) is 38.9. The zero-order valence-electron chi connectivity index (χ0n) is 30.8. The number of nitrogens with zero attached hydrogens (tertiary/aromatic N) is 6. The Kier molecular flexibility index (Phi) is 7.49. The monoisotopic (exact) mass is 756 g/mol. The van der Waals surface area contributed by atoms with E-state index >= 15 is 0 Å². The highest BCUT2D eigenvalue weighted by atomic mass is 32.2. The lowest BCUT2D eigenvalue weighted by atomic mass is 10.0. The van der Waals surface area contributed by atoms with Crippen LogP contribution in [0, 0.1) is 34.0 Å². The third-order valence-corrected chi connectivity index (χ3v) is 12.3. The van der Waals surface area contributed by atoms with Crippen molar-refractivity contribution in [2.75, 3.05) is 0 Å². The first-order valence-electron chi connectivity index (χ1n) is 18.9. The summed E-state index contributed by atoms with van der Waals surface area (Å²) >= 11 is 1.36. The molecule has 268 valence electrons. The first-order chi connectivity index (χ1) is 28.7. The van der Waals surface area contributed by atoms with Gasteiger partial charge in [-0.25, -0.2) is 0 Å². The number of fused-ring (bicyclic) bond motifs is 12. The van der Waals surface area contributed by atoms with Gasteiger partial charge in [-0.3, -0.25) is 0 Å². The van der Waals surface area contributed by atoms with E-state index in [4.69, 9.17) is 0 Å². The second-order valence-electron chi connectivity index (χ2n) is 14.2. The molecular formula is C51H28N6S. The molecule has 0 atom stereocenters. The van der Waals surface area contributed by atoms with E-state index in [0.717, 1.165) is 65.8 Å². The first kappa shape index (κ1) is 33.3. The minimum atomic E-state index is 0.291. The third kappa shape index (κ3) is 4.77. The minimum Gasteiger partial charge on any atom is -0.308 e. The summed E-state index contributed by atoms with van der Waals surface area (Å²) in [7, 11) is 0. The van der Waals surface area contributed by atoms with Crippen molar-refractivity contribution in [1.29, 1.82) is 15.8 Å². The van der Waals surface area contributed by atoms with E-state index in [9.17, 15) is 15.8 Å². The molecular weight excluding hydrogens is 729 g/mol. The topological polar surface area (TPSA) is 86.2 Å². The van der Waals surface area contributed by atoms with Crippen molar-refractivity contribution in [3.63, 3.8) is 0 Å². The molecule has 8 aromatic carbocycles. The lowest BCUT2D eigenvalue weighted by Crippen LogP contribution is -1.98. The summed E-state index contributed by atoms with van der Waals surface area (Å²) in [4.78, 5) is 1.42. The predicted molar refractivity (Wildman–Crippen MR) is 234 cm³/mol. The summed E-state index contributed by atoms with van der Waals surface area (Å²) in [6.07, 6.45) is 0. The van der Waals surface area contributed by atoms with E-state index in [1.165, 1.54) is 33.3 Å². The molecule has 0 fully saturated rings. The van der Waals surface area contributed by atoms with Gasteiger partial charge in [0, 0.05) is 59.2 Å². The van der Waals surface area contributed by atoms with Crippen LogP contribution < -0.4 is 0 Å². The molecule has 6 nitrogen and oxygen atoms in total. The third-order valence-electron chi connectivity index (χ3n) is 11.1. The van der Waals surface area contributed by atoms with Crippen LogP contribution >= 0.6 is 11.8 Å². The Morgan fingerprint density at radius 1 is 0.379 bits per heavy atom. The highest BCUT2D eigenvalue weighted by molar-refractivity contribution is 7.99. The fraction of sp³-hybridized carbons (Fsp3) is 0. The maximum Gasteiger partial charge on any atom is 0.100 e. The van der Waals surface area contributed by atoms with Gasteiger partial charge in [0.15, 0.2) is 0 Å². The molecule has 0 aliphatic heterocycles. The summed E-state index contributed by atoms with van der Waals surface area (Å²) in [5.74, 6) is 0. The van der Waals surface area contributed by atoms with Crippen molar-refractivity contribution in [3.05, 3.63) is 187 Å². The molecule has 0 unspecified atom stereocenters. The van der Waals surface area contributed by atoms with E-state index in [2.05, 4.69) is 178 Å². The predicted octanol–water partition coefficient (Wildman–Crippen LogP) is 12.7. The van der Waals surface area contributed by atoms with Gasteiger partial charge in [0.2, 0.25) is 0 Å². The molecule has 0 aliphatic carbocycles. The maximum atomic E-state index is 9.97. The van der Waals surface area contributed by atoms with E-state index in [1.807, 2.05) is 12.1 Å². The summed E-state index contributed by atoms with van der Waals surface area (Å²) in [5.41, 5.74) is 10.8. The van der Waals surface area contributed by atoms with Crippen LogP contribution in [0.1, 0.15) is 16.7 Å². The van der Waals surface area contributed by atoms with Crippen LogP contribution in [0.3, 0.4) is 0 Å². The smallest absolute Gasteiger partial charge is 0.100 e. The molecule has 0 aliphatic rings. The van der Waals surface area contributed by atoms with E-state index in [-0.39, 0.29) is 0 Å². The number of benzene rings is 8. The van der Waals surface area contributed by atoms with E-state index in [1.54, 1.807) is 12.1 Å². The average molecular weight is 757 g/mol. The molecule has 0 saturated carbocycles. The molecule has 11 rings (SSSR count). The second-order valence-corrected chi connectivity index (χ2v) is 15.3. The zero-order valence-corrected chi connectivity index (χ0v) is 31.6. The van der Waals surface area contributed by atoms with Crippen molar-refractivity contribution >= 4 is 77.2 Å².